The number of imidazole rings is 1. The van der Waals surface area contributed by atoms with E-state index in [1.54, 1.807) is 13.4 Å². The van der Waals surface area contributed by atoms with Crippen LogP contribution < -0.4 is 4.74 Å². The molecule has 0 aliphatic heterocycles. The molecule has 0 atom stereocenters. The Morgan fingerprint density at radius 3 is 2.53 bits per heavy atom. The molecule has 1 aromatic heterocycles. The number of nitrogens with one attached hydrogen (secondary N) is 1. The van der Waals surface area contributed by atoms with E-state index in [4.69, 9.17) is 4.74 Å². The first-order valence-corrected chi connectivity index (χ1v) is 6.88. The Morgan fingerprint density at radius 2 is 2.00 bits per heavy atom. The molecular formula is C16H24N2O. The van der Waals surface area contributed by atoms with Gasteiger partial charge >= 0.3 is 0 Å². The van der Waals surface area contributed by atoms with Gasteiger partial charge in [0.25, 0.3) is 0 Å². The van der Waals surface area contributed by atoms with Gasteiger partial charge in [-0.15, -0.1) is 0 Å². The Balaban J connectivity index is 2.76. The van der Waals surface area contributed by atoms with Gasteiger partial charge in [-0.1, -0.05) is 34.6 Å². The molecule has 0 radical (unpaired) electrons. The molecule has 19 heavy (non-hydrogen) atoms. The fraction of sp³-hybridized carbons (Fsp3) is 0.562. The summed E-state index contributed by atoms with van der Waals surface area (Å²) in [6.07, 6.45) is 2.78. The van der Waals surface area contributed by atoms with E-state index in [0.29, 0.717) is 5.92 Å². The van der Waals surface area contributed by atoms with Crippen molar-refractivity contribution < 1.29 is 4.74 Å². The van der Waals surface area contributed by atoms with Gasteiger partial charge in [-0.2, -0.15) is 0 Å². The van der Waals surface area contributed by atoms with Crippen LogP contribution in [-0.4, -0.2) is 17.1 Å². The molecule has 2 rings (SSSR count). The van der Waals surface area contributed by atoms with Crippen molar-refractivity contribution in [3.05, 3.63) is 23.5 Å². The van der Waals surface area contributed by atoms with Crippen LogP contribution in [0.5, 0.6) is 5.75 Å². The molecule has 0 saturated heterocycles. The quantitative estimate of drug-likeness (QED) is 0.903. The molecule has 0 saturated carbocycles. The summed E-state index contributed by atoms with van der Waals surface area (Å²) >= 11 is 0. The first-order chi connectivity index (χ1) is 8.84. The summed E-state index contributed by atoms with van der Waals surface area (Å²) < 4.78 is 5.73. The number of methoxy groups -OCH3 is 1. The zero-order valence-electron chi connectivity index (χ0n) is 12.8. The first kappa shape index (κ1) is 13.9. The molecule has 3 nitrogen and oxygen atoms in total. The highest BCUT2D eigenvalue weighted by atomic mass is 16.5. The van der Waals surface area contributed by atoms with E-state index in [1.165, 1.54) is 11.1 Å². The zero-order valence-corrected chi connectivity index (χ0v) is 12.8. The summed E-state index contributed by atoms with van der Waals surface area (Å²) in [5, 5.41) is 0. The normalized spacial score (nSPS) is 12.4. The van der Waals surface area contributed by atoms with E-state index in [9.17, 15) is 0 Å². The van der Waals surface area contributed by atoms with E-state index < -0.39 is 0 Å². The van der Waals surface area contributed by atoms with Gasteiger partial charge in [0.2, 0.25) is 0 Å². The summed E-state index contributed by atoms with van der Waals surface area (Å²) in [4.78, 5) is 7.71. The van der Waals surface area contributed by atoms with Gasteiger partial charge in [0.15, 0.2) is 0 Å². The minimum atomic E-state index is 0.00573. The molecule has 0 aliphatic rings. The average molecular weight is 260 g/mol. The number of aromatic nitrogens is 2. The smallest absolute Gasteiger partial charge is 0.128 e. The largest absolute Gasteiger partial charge is 0.496 e. The lowest BCUT2D eigenvalue weighted by molar-refractivity contribution is 0.391. The molecule has 1 heterocycles. The van der Waals surface area contributed by atoms with Crippen molar-refractivity contribution in [3.63, 3.8) is 0 Å². The fourth-order valence-electron chi connectivity index (χ4n) is 2.64. The maximum Gasteiger partial charge on any atom is 0.128 e. The molecular weight excluding hydrogens is 236 g/mol. The second-order valence-corrected chi connectivity index (χ2v) is 6.59. The number of hydrogen-bond acceptors (Lipinski definition) is 2. The molecule has 0 spiro atoms. The molecule has 1 aromatic carbocycles. The van der Waals surface area contributed by atoms with Crippen LogP contribution in [-0.2, 0) is 11.8 Å². The van der Waals surface area contributed by atoms with Crippen LogP contribution in [0.1, 0.15) is 45.7 Å². The summed E-state index contributed by atoms with van der Waals surface area (Å²) in [5.41, 5.74) is 4.59. The second-order valence-electron chi connectivity index (χ2n) is 6.59. The molecule has 0 unspecified atom stereocenters. The molecule has 3 heteroatoms. The third kappa shape index (κ3) is 2.60. The maximum atomic E-state index is 5.73. The van der Waals surface area contributed by atoms with Gasteiger partial charge in [-0.25, -0.2) is 4.98 Å². The minimum absolute atomic E-state index is 0.00573. The summed E-state index contributed by atoms with van der Waals surface area (Å²) in [7, 11) is 1.76. The molecule has 1 N–H and O–H groups in total. The van der Waals surface area contributed by atoms with E-state index in [-0.39, 0.29) is 5.41 Å². The third-order valence-corrected chi connectivity index (χ3v) is 3.33. The lowest BCUT2D eigenvalue weighted by atomic mass is 9.83. The monoisotopic (exact) mass is 260 g/mol. The topological polar surface area (TPSA) is 37.9 Å². The van der Waals surface area contributed by atoms with Crippen molar-refractivity contribution in [1.29, 1.82) is 0 Å². The Labute approximate surface area is 115 Å². The predicted molar refractivity (Wildman–Crippen MR) is 79.9 cm³/mol. The SMILES string of the molecule is COc1c(CC(C)C)cc2[nH]cnc2c1C(C)(C)C. The van der Waals surface area contributed by atoms with E-state index >= 15 is 0 Å². The number of nitrogens with zero attached hydrogens (tertiary/aromatic N) is 1. The number of fused-ring (bicyclic) bond motifs is 1. The summed E-state index contributed by atoms with van der Waals surface area (Å²) in [6, 6.07) is 2.18. The van der Waals surface area contributed by atoms with Crippen molar-refractivity contribution in [2.24, 2.45) is 5.92 Å². The van der Waals surface area contributed by atoms with Crippen LogP contribution in [0.25, 0.3) is 11.0 Å². The highest BCUT2D eigenvalue weighted by molar-refractivity contribution is 5.83. The van der Waals surface area contributed by atoms with Crippen molar-refractivity contribution in [2.75, 3.05) is 7.11 Å². The van der Waals surface area contributed by atoms with Crippen molar-refractivity contribution >= 4 is 11.0 Å². The number of H-pyrrole nitrogens is 1. The average Bonchev–Trinajstić information content (AvgIpc) is 2.72. The fourth-order valence-corrected chi connectivity index (χ4v) is 2.64. The standard InChI is InChI=1S/C16H24N2O/c1-10(2)7-11-8-12-14(18-9-17-12)13(15(11)19-6)16(3,4)5/h8-10H,7H2,1-6H3,(H,17,18). The van der Waals surface area contributed by atoms with Crippen LogP contribution in [0, 0.1) is 5.92 Å². The van der Waals surface area contributed by atoms with Crippen molar-refractivity contribution in [1.82, 2.24) is 9.97 Å². The van der Waals surface area contributed by atoms with Crippen LogP contribution in [0.15, 0.2) is 12.4 Å². The molecule has 2 aromatic rings. The van der Waals surface area contributed by atoms with Gasteiger partial charge < -0.3 is 9.72 Å². The number of ether oxygens (including phenoxy) is 1. The maximum absolute atomic E-state index is 5.73. The third-order valence-electron chi connectivity index (χ3n) is 3.33. The number of benzene rings is 1. The van der Waals surface area contributed by atoms with Gasteiger partial charge in [-0.05, 0) is 29.4 Å². The lowest BCUT2D eigenvalue weighted by Crippen LogP contribution is -2.15. The van der Waals surface area contributed by atoms with Crippen LogP contribution in [0.4, 0.5) is 0 Å². The summed E-state index contributed by atoms with van der Waals surface area (Å²) in [5.74, 6) is 1.60. The Bertz CT molecular complexity index is 576. The molecule has 0 bridgehead atoms. The van der Waals surface area contributed by atoms with Crippen molar-refractivity contribution in [3.8, 4) is 5.75 Å². The second kappa shape index (κ2) is 4.87. The first-order valence-electron chi connectivity index (χ1n) is 6.88. The number of aromatic amines is 1. The van der Waals surface area contributed by atoms with Crippen LogP contribution in [0.2, 0.25) is 0 Å². The van der Waals surface area contributed by atoms with Gasteiger partial charge in [0.05, 0.1) is 24.5 Å². The number of hydrogen-bond donors (Lipinski definition) is 1. The van der Waals surface area contributed by atoms with E-state index in [2.05, 4.69) is 50.7 Å². The number of rotatable bonds is 3. The highest BCUT2D eigenvalue weighted by Crippen LogP contribution is 2.39. The predicted octanol–water partition coefficient (Wildman–Crippen LogP) is 4.07. The van der Waals surface area contributed by atoms with Crippen LogP contribution in [0.3, 0.4) is 0 Å². The Morgan fingerprint density at radius 1 is 1.32 bits per heavy atom. The zero-order chi connectivity index (χ0) is 14.2. The van der Waals surface area contributed by atoms with Gasteiger partial charge in [-0.3, -0.25) is 0 Å². The lowest BCUT2D eigenvalue weighted by Gasteiger charge is -2.25. The molecule has 0 fully saturated rings. The minimum Gasteiger partial charge on any atom is -0.496 e. The highest BCUT2D eigenvalue weighted by Gasteiger charge is 2.26. The molecule has 0 aliphatic carbocycles. The Hall–Kier alpha value is -1.51. The van der Waals surface area contributed by atoms with Gasteiger partial charge in [0.1, 0.15) is 5.75 Å². The van der Waals surface area contributed by atoms with Crippen molar-refractivity contribution in [2.45, 2.75) is 46.5 Å². The van der Waals surface area contributed by atoms with Crippen LogP contribution >= 0.6 is 0 Å². The van der Waals surface area contributed by atoms with Gasteiger partial charge in [0, 0.05) is 5.56 Å². The molecule has 104 valence electrons. The molecule has 0 amide bonds. The Kier molecular flexibility index (Phi) is 3.57. The van der Waals surface area contributed by atoms with E-state index in [0.717, 1.165) is 23.2 Å². The summed E-state index contributed by atoms with van der Waals surface area (Å²) in [6.45, 7) is 11.1. The van der Waals surface area contributed by atoms with E-state index in [1.807, 2.05) is 0 Å².